The van der Waals surface area contributed by atoms with Crippen LogP contribution in [0.2, 0.25) is 0 Å². The highest BCUT2D eigenvalue weighted by Gasteiger charge is 2.30. The van der Waals surface area contributed by atoms with Crippen LogP contribution >= 0.6 is 0 Å². The summed E-state index contributed by atoms with van der Waals surface area (Å²) in [5.74, 6) is 2.44. The van der Waals surface area contributed by atoms with Gasteiger partial charge in [-0.25, -0.2) is 4.98 Å². The summed E-state index contributed by atoms with van der Waals surface area (Å²) in [4.78, 5) is 4.77. The lowest BCUT2D eigenvalue weighted by Crippen LogP contribution is -2.24. The zero-order valence-electron chi connectivity index (χ0n) is 13.9. The number of aromatic nitrogens is 2. The van der Waals surface area contributed by atoms with E-state index in [4.69, 9.17) is 9.72 Å². The molecule has 0 amide bonds. The van der Waals surface area contributed by atoms with E-state index < -0.39 is 6.10 Å². The van der Waals surface area contributed by atoms with Crippen LogP contribution in [0.4, 0.5) is 0 Å². The van der Waals surface area contributed by atoms with Gasteiger partial charge in [0.1, 0.15) is 24.3 Å². The lowest BCUT2D eigenvalue weighted by molar-refractivity contribution is 0.0927. The molecule has 4 nitrogen and oxygen atoms in total. The molecule has 0 radical (unpaired) electrons. The largest absolute Gasteiger partial charge is 0.491 e. The van der Waals surface area contributed by atoms with Crippen LogP contribution in [0.1, 0.15) is 30.1 Å². The molecule has 0 spiro atoms. The number of aliphatic hydroxyl groups excluding tert-OH is 1. The van der Waals surface area contributed by atoms with Crippen molar-refractivity contribution in [3.05, 3.63) is 59.9 Å². The van der Waals surface area contributed by atoms with Crippen molar-refractivity contribution in [3.8, 4) is 5.75 Å². The van der Waals surface area contributed by atoms with Gasteiger partial charge in [-0.1, -0.05) is 29.8 Å². The predicted octanol–water partition coefficient (Wildman–Crippen LogP) is 3.66. The number of aliphatic hydroxyl groups is 1. The first kappa shape index (κ1) is 15.2. The lowest BCUT2D eigenvalue weighted by atomic mass is 10.2. The molecular weight excluding hydrogens is 300 g/mol. The minimum absolute atomic E-state index is 0.277. The van der Waals surface area contributed by atoms with E-state index in [1.807, 2.05) is 49.4 Å². The highest BCUT2D eigenvalue weighted by atomic mass is 16.5. The number of benzene rings is 2. The van der Waals surface area contributed by atoms with E-state index in [0.717, 1.165) is 22.6 Å². The number of hydrogen-bond donors (Lipinski definition) is 1. The number of imidazole rings is 1. The van der Waals surface area contributed by atoms with Crippen molar-refractivity contribution in [2.75, 3.05) is 6.61 Å². The van der Waals surface area contributed by atoms with Crippen LogP contribution in [-0.4, -0.2) is 27.4 Å². The minimum atomic E-state index is -0.568. The first-order valence-corrected chi connectivity index (χ1v) is 8.53. The van der Waals surface area contributed by atoms with Gasteiger partial charge in [0.2, 0.25) is 0 Å². The molecule has 4 heteroatoms. The third kappa shape index (κ3) is 3.15. The van der Waals surface area contributed by atoms with E-state index in [0.29, 0.717) is 12.5 Å². The minimum Gasteiger partial charge on any atom is -0.491 e. The van der Waals surface area contributed by atoms with Gasteiger partial charge in [0.15, 0.2) is 0 Å². The Balaban J connectivity index is 1.49. The Morgan fingerprint density at radius 3 is 2.67 bits per heavy atom. The smallest absolute Gasteiger partial charge is 0.119 e. The van der Waals surface area contributed by atoms with E-state index in [-0.39, 0.29) is 6.61 Å². The Hall–Kier alpha value is -2.33. The third-order valence-electron chi connectivity index (χ3n) is 4.48. The maximum absolute atomic E-state index is 10.4. The van der Waals surface area contributed by atoms with Crippen LogP contribution in [0.15, 0.2) is 48.5 Å². The van der Waals surface area contributed by atoms with Gasteiger partial charge in [-0.15, -0.1) is 0 Å². The predicted molar refractivity (Wildman–Crippen MR) is 94.4 cm³/mol. The standard InChI is InChI=1S/C20H22N2O2/c1-14-6-10-17(11-7-14)24-13-16(23)12-22-19-5-3-2-4-18(19)21-20(22)15-8-9-15/h2-7,10-11,15-16,23H,8-9,12-13H2,1H3/t16-/m1/s1. The molecule has 0 aliphatic heterocycles. The van der Waals surface area contributed by atoms with Crippen molar-refractivity contribution in [1.82, 2.24) is 9.55 Å². The fourth-order valence-corrected chi connectivity index (χ4v) is 3.03. The molecular formula is C20H22N2O2. The second-order valence-electron chi connectivity index (χ2n) is 6.62. The highest BCUT2D eigenvalue weighted by molar-refractivity contribution is 5.76. The van der Waals surface area contributed by atoms with E-state index in [9.17, 15) is 5.11 Å². The van der Waals surface area contributed by atoms with Gasteiger partial charge in [0.25, 0.3) is 0 Å². The molecule has 124 valence electrons. The van der Waals surface area contributed by atoms with Crippen LogP contribution in [0.25, 0.3) is 11.0 Å². The highest BCUT2D eigenvalue weighted by Crippen LogP contribution is 2.40. The molecule has 1 atom stereocenters. The van der Waals surface area contributed by atoms with E-state index in [2.05, 4.69) is 10.6 Å². The fraction of sp³-hybridized carbons (Fsp3) is 0.350. The number of aryl methyl sites for hydroxylation is 1. The molecule has 2 aromatic carbocycles. The molecule has 24 heavy (non-hydrogen) atoms. The van der Waals surface area contributed by atoms with Gasteiger partial charge in [0, 0.05) is 5.92 Å². The summed E-state index contributed by atoms with van der Waals surface area (Å²) < 4.78 is 7.88. The second kappa shape index (κ2) is 6.29. The van der Waals surface area contributed by atoms with Gasteiger partial charge >= 0.3 is 0 Å². The van der Waals surface area contributed by atoms with Crippen LogP contribution in [-0.2, 0) is 6.54 Å². The quantitative estimate of drug-likeness (QED) is 0.753. The number of hydrogen-bond acceptors (Lipinski definition) is 3. The monoisotopic (exact) mass is 322 g/mol. The fourth-order valence-electron chi connectivity index (χ4n) is 3.03. The van der Waals surface area contributed by atoms with Crippen molar-refractivity contribution in [2.45, 2.75) is 38.3 Å². The third-order valence-corrected chi connectivity index (χ3v) is 4.48. The Morgan fingerprint density at radius 1 is 1.17 bits per heavy atom. The second-order valence-corrected chi connectivity index (χ2v) is 6.62. The summed E-state index contributed by atoms with van der Waals surface area (Å²) in [7, 11) is 0. The van der Waals surface area contributed by atoms with Gasteiger partial charge in [-0.3, -0.25) is 0 Å². The van der Waals surface area contributed by atoms with Crippen molar-refractivity contribution in [3.63, 3.8) is 0 Å². The molecule has 0 unspecified atom stereocenters. The molecule has 4 rings (SSSR count). The first-order valence-electron chi connectivity index (χ1n) is 8.53. The van der Waals surface area contributed by atoms with Crippen LogP contribution < -0.4 is 4.74 Å². The maximum atomic E-state index is 10.4. The molecule has 1 saturated carbocycles. The summed E-state index contributed by atoms with van der Waals surface area (Å²) in [6.07, 6.45) is 1.82. The number of ether oxygens (including phenoxy) is 1. The van der Waals surface area contributed by atoms with Crippen molar-refractivity contribution in [2.24, 2.45) is 0 Å². The van der Waals surface area contributed by atoms with Crippen molar-refractivity contribution in [1.29, 1.82) is 0 Å². The Kier molecular flexibility index (Phi) is 3.98. The molecule has 1 aromatic heterocycles. The van der Waals surface area contributed by atoms with Gasteiger partial charge in [0.05, 0.1) is 17.6 Å². The van der Waals surface area contributed by atoms with Crippen molar-refractivity contribution >= 4 is 11.0 Å². The van der Waals surface area contributed by atoms with Crippen LogP contribution in [0.3, 0.4) is 0 Å². The average Bonchev–Trinajstić information content (AvgIpc) is 3.38. The zero-order chi connectivity index (χ0) is 16.5. The normalized spacial score (nSPS) is 15.6. The zero-order valence-corrected chi connectivity index (χ0v) is 13.9. The molecule has 1 fully saturated rings. The maximum Gasteiger partial charge on any atom is 0.119 e. The summed E-state index contributed by atoms with van der Waals surface area (Å²) in [5, 5.41) is 10.4. The Morgan fingerprint density at radius 2 is 1.92 bits per heavy atom. The summed E-state index contributed by atoms with van der Waals surface area (Å²) in [6, 6.07) is 16.0. The number of nitrogens with zero attached hydrogens (tertiary/aromatic N) is 2. The van der Waals surface area contributed by atoms with Crippen molar-refractivity contribution < 1.29 is 9.84 Å². The molecule has 0 saturated heterocycles. The van der Waals surface area contributed by atoms with Gasteiger partial charge < -0.3 is 14.4 Å². The first-order chi connectivity index (χ1) is 11.7. The van der Waals surface area contributed by atoms with E-state index >= 15 is 0 Å². The molecule has 1 N–H and O–H groups in total. The van der Waals surface area contributed by atoms with Crippen LogP contribution in [0.5, 0.6) is 5.75 Å². The van der Waals surface area contributed by atoms with E-state index in [1.165, 1.54) is 18.4 Å². The Labute approximate surface area is 141 Å². The Bertz CT molecular complexity index is 834. The van der Waals surface area contributed by atoms with E-state index in [1.54, 1.807) is 0 Å². The molecule has 0 bridgehead atoms. The van der Waals surface area contributed by atoms with Crippen LogP contribution in [0, 0.1) is 6.92 Å². The molecule has 1 aliphatic rings. The summed E-state index contributed by atoms with van der Waals surface area (Å²) in [6.45, 7) is 2.83. The topological polar surface area (TPSA) is 47.3 Å². The lowest BCUT2D eigenvalue weighted by Gasteiger charge is -2.15. The molecule has 1 heterocycles. The van der Waals surface area contributed by atoms with Gasteiger partial charge in [-0.05, 0) is 44.0 Å². The summed E-state index contributed by atoms with van der Waals surface area (Å²) >= 11 is 0. The number of rotatable bonds is 6. The molecule has 1 aliphatic carbocycles. The average molecular weight is 322 g/mol. The number of para-hydroxylation sites is 2. The molecule has 3 aromatic rings. The number of fused-ring (bicyclic) bond motifs is 1. The van der Waals surface area contributed by atoms with Gasteiger partial charge in [-0.2, -0.15) is 0 Å². The SMILES string of the molecule is Cc1ccc(OC[C@H](O)Cn2c(C3CC3)nc3ccccc32)cc1. The summed E-state index contributed by atoms with van der Waals surface area (Å²) in [5.41, 5.74) is 3.29.